The lowest BCUT2D eigenvalue weighted by Crippen LogP contribution is -2.45. The predicted molar refractivity (Wildman–Crippen MR) is 73.1 cm³/mol. The summed E-state index contributed by atoms with van der Waals surface area (Å²) in [5, 5.41) is 7.12. The Morgan fingerprint density at radius 1 is 1.47 bits per heavy atom. The average Bonchev–Trinajstić information content (AvgIpc) is 2.68. The number of nitrogens with two attached hydrogens (primary N) is 1. The highest BCUT2D eigenvalue weighted by Gasteiger charge is 2.16. The monoisotopic (exact) mass is 254 g/mol. The molecule has 0 saturated carbocycles. The van der Waals surface area contributed by atoms with Gasteiger partial charge < -0.3 is 11.1 Å². The van der Waals surface area contributed by atoms with Crippen molar-refractivity contribution in [1.82, 2.24) is 5.32 Å². The van der Waals surface area contributed by atoms with Gasteiger partial charge in [0.1, 0.15) is 0 Å². The van der Waals surface area contributed by atoms with Crippen LogP contribution in [0.1, 0.15) is 32.8 Å². The minimum absolute atomic E-state index is 0.0403. The fourth-order valence-electron chi connectivity index (χ4n) is 1.78. The van der Waals surface area contributed by atoms with Gasteiger partial charge in [0.15, 0.2) is 0 Å². The molecule has 1 unspecified atom stereocenters. The fraction of sp³-hybridized carbons (Fsp3) is 0.615. The molecule has 1 heterocycles. The van der Waals surface area contributed by atoms with Gasteiger partial charge in [-0.15, -0.1) is 0 Å². The van der Waals surface area contributed by atoms with Gasteiger partial charge in [0, 0.05) is 6.04 Å². The topological polar surface area (TPSA) is 55.1 Å². The minimum Gasteiger partial charge on any atom is -0.352 e. The van der Waals surface area contributed by atoms with Crippen LogP contribution in [0, 0.1) is 5.92 Å². The molecule has 0 radical (unpaired) electrons. The highest BCUT2D eigenvalue weighted by molar-refractivity contribution is 7.07. The Morgan fingerprint density at radius 2 is 2.18 bits per heavy atom. The highest BCUT2D eigenvalue weighted by Crippen LogP contribution is 2.09. The van der Waals surface area contributed by atoms with Crippen molar-refractivity contribution in [3.63, 3.8) is 0 Å². The van der Waals surface area contributed by atoms with E-state index in [1.54, 1.807) is 11.3 Å². The van der Waals surface area contributed by atoms with Crippen molar-refractivity contribution in [3.8, 4) is 0 Å². The quantitative estimate of drug-likeness (QED) is 0.817. The van der Waals surface area contributed by atoms with E-state index in [4.69, 9.17) is 5.73 Å². The van der Waals surface area contributed by atoms with Gasteiger partial charge in [0.25, 0.3) is 0 Å². The van der Waals surface area contributed by atoms with Crippen LogP contribution < -0.4 is 11.1 Å². The minimum atomic E-state index is -0.389. The molecule has 1 aromatic heterocycles. The van der Waals surface area contributed by atoms with Crippen LogP contribution in [0.5, 0.6) is 0 Å². The molecule has 3 nitrogen and oxygen atoms in total. The summed E-state index contributed by atoms with van der Waals surface area (Å²) in [5.41, 5.74) is 7.09. The molecule has 0 aliphatic carbocycles. The molecule has 1 amide bonds. The third-order valence-corrected chi connectivity index (χ3v) is 3.30. The summed E-state index contributed by atoms with van der Waals surface area (Å²) >= 11 is 1.68. The molecule has 0 saturated heterocycles. The Labute approximate surface area is 107 Å². The zero-order chi connectivity index (χ0) is 12.8. The van der Waals surface area contributed by atoms with Crippen LogP contribution in [0.15, 0.2) is 16.8 Å². The molecule has 3 N–H and O–H groups in total. The summed E-state index contributed by atoms with van der Waals surface area (Å²) in [6, 6.07) is 1.83. The molecule has 1 rings (SSSR count). The van der Waals surface area contributed by atoms with E-state index in [0.717, 1.165) is 12.8 Å². The number of nitrogens with one attached hydrogen (secondary N) is 1. The Balaban J connectivity index is 2.35. The van der Waals surface area contributed by atoms with Gasteiger partial charge >= 0.3 is 0 Å². The second-order valence-electron chi connectivity index (χ2n) is 4.98. The molecule has 1 aromatic rings. The van der Waals surface area contributed by atoms with E-state index in [2.05, 4.69) is 30.6 Å². The lowest BCUT2D eigenvalue weighted by atomic mass is 10.0. The van der Waals surface area contributed by atoms with Gasteiger partial charge in [0.2, 0.25) is 5.91 Å². The van der Waals surface area contributed by atoms with Gasteiger partial charge in [-0.05, 0) is 48.1 Å². The van der Waals surface area contributed by atoms with Crippen molar-refractivity contribution in [2.75, 3.05) is 0 Å². The van der Waals surface area contributed by atoms with E-state index in [1.807, 2.05) is 12.3 Å². The summed E-state index contributed by atoms with van der Waals surface area (Å²) in [5.74, 6) is 0.407. The maximum absolute atomic E-state index is 11.8. The predicted octanol–water partition coefficient (Wildman–Crippen LogP) is 2.17. The van der Waals surface area contributed by atoms with E-state index in [0.29, 0.717) is 5.92 Å². The van der Waals surface area contributed by atoms with Crippen molar-refractivity contribution in [2.24, 2.45) is 11.7 Å². The Morgan fingerprint density at radius 3 is 2.71 bits per heavy atom. The van der Waals surface area contributed by atoms with Crippen LogP contribution in [0.3, 0.4) is 0 Å². The van der Waals surface area contributed by atoms with Gasteiger partial charge in [-0.2, -0.15) is 11.3 Å². The van der Waals surface area contributed by atoms with Crippen LogP contribution in [0.4, 0.5) is 0 Å². The lowest BCUT2D eigenvalue weighted by molar-refractivity contribution is -0.123. The van der Waals surface area contributed by atoms with Gasteiger partial charge in [-0.3, -0.25) is 4.79 Å². The van der Waals surface area contributed by atoms with Crippen molar-refractivity contribution in [1.29, 1.82) is 0 Å². The molecular weight excluding hydrogens is 232 g/mol. The van der Waals surface area contributed by atoms with Crippen molar-refractivity contribution in [2.45, 2.75) is 45.7 Å². The van der Waals surface area contributed by atoms with E-state index >= 15 is 0 Å². The van der Waals surface area contributed by atoms with Crippen molar-refractivity contribution in [3.05, 3.63) is 22.4 Å². The fourth-order valence-corrected chi connectivity index (χ4v) is 2.46. The number of carbonyl (C=O) groups is 1. The molecule has 17 heavy (non-hydrogen) atoms. The average molecular weight is 254 g/mol. The molecule has 0 aromatic carbocycles. The van der Waals surface area contributed by atoms with Crippen molar-refractivity contribution < 1.29 is 4.79 Å². The van der Waals surface area contributed by atoms with Crippen LogP contribution in [0.25, 0.3) is 0 Å². The van der Waals surface area contributed by atoms with Gasteiger partial charge in [-0.25, -0.2) is 0 Å². The molecule has 0 fully saturated rings. The number of amides is 1. The van der Waals surface area contributed by atoms with Crippen molar-refractivity contribution >= 4 is 17.2 Å². The van der Waals surface area contributed by atoms with Crippen LogP contribution in [0.2, 0.25) is 0 Å². The summed E-state index contributed by atoms with van der Waals surface area (Å²) in [4.78, 5) is 11.8. The Bertz CT molecular complexity index is 335. The number of hydrogen-bond donors (Lipinski definition) is 2. The van der Waals surface area contributed by atoms with Crippen LogP contribution >= 0.6 is 11.3 Å². The molecular formula is C13H22N2OS. The van der Waals surface area contributed by atoms with Gasteiger partial charge in [0.05, 0.1) is 6.04 Å². The van der Waals surface area contributed by atoms with Crippen LogP contribution in [-0.4, -0.2) is 18.0 Å². The first-order valence-electron chi connectivity index (χ1n) is 6.06. The maximum Gasteiger partial charge on any atom is 0.237 e. The molecule has 96 valence electrons. The summed E-state index contributed by atoms with van der Waals surface area (Å²) < 4.78 is 0. The SMILES string of the molecule is CC(C)C[C@@H](N)C(=O)NC(C)Cc1ccsc1. The molecule has 0 spiro atoms. The second kappa shape index (κ2) is 6.77. The van der Waals surface area contributed by atoms with E-state index in [-0.39, 0.29) is 18.0 Å². The summed E-state index contributed by atoms with van der Waals surface area (Å²) in [6.45, 7) is 6.15. The first-order chi connectivity index (χ1) is 7.99. The van der Waals surface area contributed by atoms with E-state index < -0.39 is 0 Å². The van der Waals surface area contributed by atoms with Gasteiger partial charge in [-0.1, -0.05) is 13.8 Å². The largest absolute Gasteiger partial charge is 0.352 e. The van der Waals surface area contributed by atoms with E-state index in [1.165, 1.54) is 5.56 Å². The number of carbonyl (C=O) groups excluding carboxylic acids is 1. The molecule has 0 aliphatic heterocycles. The number of rotatable bonds is 6. The first-order valence-corrected chi connectivity index (χ1v) is 7.00. The zero-order valence-electron chi connectivity index (χ0n) is 10.8. The molecule has 2 atom stereocenters. The third kappa shape index (κ3) is 5.33. The van der Waals surface area contributed by atoms with E-state index in [9.17, 15) is 4.79 Å². The van der Waals surface area contributed by atoms with Crippen LogP contribution in [-0.2, 0) is 11.2 Å². The normalized spacial score (nSPS) is 14.6. The maximum atomic E-state index is 11.8. The number of thiophene rings is 1. The lowest BCUT2D eigenvalue weighted by Gasteiger charge is -2.18. The first kappa shape index (κ1) is 14.2. The highest BCUT2D eigenvalue weighted by atomic mass is 32.1. The Kier molecular flexibility index (Phi) is 5.65. The molecule has 4 heteroatoms. The zero-order valence-corrected chi connectivity index (χ0v) is 11.6. The molecule has 0 aliphatic rings. The second-order valence-corrected chi connectivity index (χ2v) is 5.76. The Hall–Kier alpha value is -0.870. The standard InChI is InChI=1S/C13H22N2OS/c1-9(2)6-12(14)13(16)15-10(3)7-11-4-5-17-8-11/h4-5,8-10,12H,6-7,14H2,1-3H3,(H,15,16)/t10?,12-/m1/s1. The smallest absolute Gasteiger partial charge is 0.237 e. The summed E-state index contributed by atoms with van der Waals surface area (Å²) in [7, 11) is 0. The number of hydrogen-bond acceptors (Lipinski definition) is 3. The third-order valence-electron chi connectivity index (χ3n) is 2.57. The molecule has 0 bridgehead atoms. The summed E-state index contributed by atoms with van der Waals surface area (Å²) in [6.07, 6.45) is 1.60.